The van der Waals surface area contributed by atoms with Crippen LogP contribution in [0.5, 0.6) is 0 Å². The molecule has 6 amide bonds. The molecule has 8 rings (SSSR count). The monoisotopic (exact) mass is 1010 g/mol. The third-order valence-corrected chi connectivity index (χ3v) is 12.2. The minimum absolute atomic E-state index is 0.132. The topological polar surface area (TPSA) is 223 Å². The molecule has 0 saturated carbocycles. The minimum atomic E-state index is -0.304. The highest BCUT2D eigenvalue weighted by Gasteiger charge is 2.20. The van der Waals surface area contributed by atoms with Crippen molar-refractivity contribution < 1.29 is 19.2 Å². The van der Waals surface area contributed by atoms with Crippen molar-refractivity contribution in [2.75, 3.05) is 74.1 Å². The molecule has 75 heavy (non-hydrogen) atoms. The second kappa shape index (κ2) is 27.9. The van der Waals surface area contributed by atoms with E-state index in [0.29, 0.717) is 78.6 Å². The molecule has 7 aromatic rings. The molecule has 1 aliphatic heterocycles. The molecule has 18 nitrogen and oxygen atoms in total. The molecule has 4 aromatic heterocycles. The van der Waals surface area contributed by atoms with E-state index in [1.807, 2.05) is 122 Å². The minimum Gasteiger partial charge on any atom is -0.370 e. The molecule has 5 heterocycles. The van der Waals surface area contributed by atoms with Crippen molar-refractivity contribution in [2.24, 2.45) is 0 Å². The van der Waals surface area contributed by atoms with Gasteiger partial charge in [0, 0.05) is 126 Å². The summed E-state index contributed by atoms with van der Waals surface area (Å²) in [7, 11) is 1.59. The van der Waals surface area contributed by atoms with Crippen LogP contribution in [0.4, 0.5) is 32.6 Å². The number of aromatic nitrogens is 4. The highest BCUT2D eigenvalue weighted by molar-refractivity contribution is 6.00. The first-order chi connectivity index (χ1) is 36.5. The zero-order valence-electron chi connectivity index (χ0n) is 42.9. The molecule has 388 valence electrons. The molecule has 18 heteroatoms. The van der Waals surface area contributed by atoms with Gasteiger partial charge in [0.05, 0.1) is 22.5 Å². The number of nitrogens with zero attached hydrogens (tertiary/aromatic N) is 6. The largest absolute Gasteiger partial charge is 0.370 e. The fourth-order valence-corrected chi connectivity index (χ4v) is 8.05. The number of anilines is 4. The van der Waals surface area contributed by atoms with Gasteiger partial charge in [0.1, 0.15) is 11.6 Å². The van der Waals surface area contributed by atoms with Crippen LogP contribution in [-0.2, 0) is 19.6 Å². The average Bonchev–Trinajstić information content (AvgIpc) is 3.45. The second-order valence-corrected chi connectivity index (χ2v) is 17.9. The molecule has 3 aromatic carbocycles. The number of nitrogens with one attached hydrogen (secondary N) is 8. The van der Waals surface area contributed by atoms with Crippen LogP contribution < -0.4 is 42.5 Å². The molecule has 0 bridgehead atoms. The first kappa shape index (κ1) is 54.0. The first-order valence-electron chi connectivity index (χ1n) is 25.1. The predicted octanol–water partition coefficient (Wildman–Crippen LogP) is 8.09. The fourth-order valence-electron chi connectivity index (χ4n) is 8.05. The van der Waals surface area contributed by atoms with Crippen LogP contribution in [0.2, 0.25) is 0 Å². The van der Waals surface area contributed by atoms with E-state index in [4.69, 9.17) is 9.97 Å². The van der Waals surface area contributed by atoms with Crippen LogP contribution >= 0.6 is 0 Å². The second-order valence-electron chi connectivity index (χ2n) is 17.9. The van der Waals surface area contributed by atoms with Crippen LogP contribution in [0.15, 0.2) is 152 Å². The standard InChI is InChI=1S/C30H40N8O2.C27H26N6O2/c1-4-32-28-26(29(39)33-14-15-37-16-18-38(19-17-37)22(2)3)11-12-27(36-28)24-7-9-25(10-8-24)35-30(40)34-21-23-6-5-13-31-20-23;1-28-26(34)23-13-14-24(33-25(23)30-17-19-6-3-2-4-7-19)21-9-11-22(12-10-21)32-27(35)31-18-20-8-5-15-29-16-20/h5-13,20,22H,4,14-19,21H2,1-3H3,(H,32,36)(H,33,39)(H2,34,35,40);2-16H,17-18H2,1H3,(H,28,34)(H,30,33)(H2,31,32,35). The molecular formula is C57H66N14O4. The van der Waals surface area contributed by atoms with E-state index in [1.54, 1.807) is 44.0 Å². The highest BCUT2D eigenvalue weighted by Crippen LogP contribution is 2.26. The Morgan fingerprint density at radius 1 is 0.547 bits per heavy atom. The van der Waals surface area contributed by atoms with Gasteiger partial charge in [0.15, 0.2) is 0 Å². The van der Waals surface area contributed by atoms with Gasteiger partial charge in [-0.05, 0) is 98.1 Å². The van der Waals surface area contributed by atoms with Gasteiger partial charge in [-0.3, -0.25) is 29.4 Å². The van der Waals surface area contributed by atoms with Gasteiger partial charge in [-0.1, -0.05) is 66.7 Å². The summed E-state index contributed by atoms with van der Waals surface area (Å²) in [6.45, 7) is 14.0. The molecule has 0 unspecified atom stereocenters. The summed E-state index contributed by atoms with van der Waals surface area (Å²) in [5.41, 5.74) is 8.43. The van der Waals surface area contributed by atoms with E-state index >= 15 is 0 Å². The maximum atomic E-state index is 13.0. The average molecular weight is 1010 g/mol. The van der Waals surface area contributed by atoms with Crippen molar-refractivity contribution >= 4 is 46.9 Å². The number of piperazine rings is 1. The third kappa shape index (κ3) is 16.6. The Kier molecular flexibility index (Phi) is 20.1. The number of hydrogen-bond donors (Lipinski definition) is 8. The van der Waals surface area contributed by atoms with E-state index in [9.17, 15) is 19.2 Å². The lowest BCUT2D eigenvalue weighted by Gasteiger charge is -2.36. The summed E-state index contributed by atoms with van der Waals surface area (Å²) in [4.78, 5) is 72.2. The number of rotatable bonds is 19. The summed E-state index contributed by atoms with van der Waals surface area (Å²) in [6.07, 6.45) is 6.81. The van der Waals surface area contributed by atoms with Gasteiger partial charge in [-0.25, -0.2) is 19.6 Å². The van der Waals surface area contributed by atoms with E-state index in [1.165, 1.54) is 0 Å². The zero-order valence-corrected chi connectivity index (χ0v) is 42.9. The molecular weight excluding hydrogens is 945 g/mol. The number of benzene rings is 3. The molecule has 1 saturated heterocycles. The summed E-state index contributed by atoms with van der Waals surface area (Å²) in [6, 6.07) is 39.4. The third-order valence-electron chi connectivity index (χ3n) is 12.2. The number of pyridine rings is 4. The van der Waals surface area contributed by atoms with Crippen molar-refractivity contribution in [3.05, 3.63) is 180 Å². The Bertz CT molecular complexity index is 2920. The molecule has 1 aliphatic rings. The molecule has 1 fully saturated rings. The maximum absolute atomic E-state index is 13.0. The van der Waals surface area contributed by atoms with Gasteiger partial charge in [0.2, 0.25) is 0 Å². The number of urea groups is 2. The van der Waals surface area contributed by atoms with Crippen LogP contribution in [0.3, 0.4) is 0 Å². The number of hydrogen-bond acceptors (Lipinski definition) is 12. The first-order valence-corrected chi connectivity index (χ1v) is 25.1. The summed E-state index contributed by atoms with van der Waals surface area (Å²) in [5, 5.41) is 23.5. The molecule has 0 spiro atoms. The van der Waals surface area contributed by atoms with Gasteiger partial charge in [-0.2, -0.15) is 0 Å². The normalized spacial score (nSPS) is 12.3. The lowest BCUT2D eigenvalue weighted by atomic mass is 10.1. The summed E-state index contributed by atoms with van der Waals surface area (Å²) in [5.74, 6) is 0.715. The van der Waals surface area contributed by atoms with E-state index < -0.39 is 0 Å². The van der Waals surface area contributed by atoms with Crippen molar-refractivity contribution in [3.8, 4) is 22.5 Å². The van der Waals surface area contributed by atoms with Gasteiger partial charge < -0.3 is 42.5 Å². The van der Waals surface area contributed by atoms with Crippen molar-refractivity contribution in [1.29, 1.82) is 0 Å². The van der Waals surface area contributed by atoms with E-state index in [-0.39, 0.29) is 23.9 Å². The zero-order chi connectivity index (χ0) is 52.8. The lowest BCUT2D eigenvalue weighted by molar-refractivity contribution is 0.0919. The number of amides is 6. The SMILES string of the molecule is CCNc1nc(-c2ccc(NC(=O)NCc3cccnc3)cc2)ccc1C(=O)NCCN1CCN(C(C)C)CC1.CNC(=O)c1ccc(-c2ccc(NC(=O)NCc3cccnc3)cc2)nc1NCc1ccccc1. The van der Waals surface area contributed by atoms with E-state index in [2.05, 4.69) is 76.1 Å². The smallest absolute Gasteiger partial charge is 0.319 e. The fraction of sp³-hybridized carbons (Fsp3) is 0.263. The lowest BCUT2D eigenvalue weighted by Crippen LogP contribution is -2.50. The Morgan fingerprint density at radius 2 is 1.05 bits per heavy atom. The van der Waals surface area contributed by atoms with Crippen molar-refractivity contribution in [3.63, 3.8) is 0 Å². The Morgan fingerprint density at radius 3 is 1.53 bits per heavy atom. The van der Waals surface area contributed by atoms with Gasteiger partial charge >= 0.3 is 12.1 Å². The van der Waals surface area contributed by atoms with Crippen LogP contribution in [0, 0.1) is 0 Å². The van der Waals surface area contributed by atoms with Crippen molar-refractivity contribution in [2.45, 2.75) is 46.4 Å². The molecule has 0 radical (unpaired) electrons. The molecule has 0 aliphatic carbocycles. The van der Waals surface area contributed by atoms with E-state index in [0.717, 1.165) is 66.2 Å². The Labute approximate surface area is 438 Å². The van der Waals surface area contributed by atoms with Crippen LogP contribution in [-0.4, -0.2) is 113 Å². The van der Waals surface area contributed by atoms with Gasteiger partial charge in [-0.15, -0.1) is 0 Å². The highest BCUT2D eigenvalue weighted by atomic mass is 16.2. The predicted molar refractivity (Wildman–Crippen MR) is 296 cm³/mol. The number of carbonyl (C=O) groups excluding carboxylic acids is 4. The molecule has 0 atom stereocenters. The van der Waals surface area contributed by atoms with Crippen molar-refractivity contribution in [1.82, 2.24) is 51.0 Å². The number of carbonyl (C=O) groups is 4. The van der Waals surface area contributed by atoms with Crippen LogP contribution in [0.1, 0.15) is 58.2 Å². The summed E-state index contributed by atoms with van der Waals surface area (Å²) >= 11 is 0. The summed E-state index contributed by atoms with van der Waals surface area (Å²) < 4.78 is 0. The quantitative estimate of drug-likeness (QED) is 0.0385. The van der Waals surface area contributed by atoms with Gasteiger partial charge in [0.25, 0.3) is 11.8 Å². The Balaban J connectivity index is 0.000000221. The van der Waals surface area contributed by atoms with Crippen LogP contribution in [0.25, 0.3) is 22.5 Å². The maximum Gasteiger partial charge on any atom is 0.319 e. The Hall–Kier alpha value is -8.74. The molecule has 8 N–H and O–H groups in total.